The highest BCUT2D eigenvalue weighted by molar-refractivity contribution is 5.96. The summed E-state index contributed by atoms with van der Waals surface area (Å²) in [4.78, 5) is 36.3. The number of nitrogens with one attached hydrogen (secondary N) is 1. The lowest BCUT2D eigenvalue weighted by atomic mass is 9.74. The molecule has 1 aromatic heterocycles. The maximum Gasteiger partial charge on any atom is 0.273 e. The lowest BCUT2D eigenvalue weighted by molar-refractivity contribution is -0.115. The smallest absolute Gasteiger partial charge is 0.273 e. The van der Waals surface area contributed by atoms with Gasteiger partial charge in [-0.25, -0.2) is 0 Å². The van der Waals surface area contributed by atoms with Crippen molar-refractivity contribution in [2.24, 2.45) is 11.7 Å². The van der Waals surface area contributed by atoms with Crippen LogP contribution in [0.3, 0.4) is 0 Å². The van der Waals surface area contributed by atoms with E-state index in [9.17, 15) is 9.59 Å². The second kappa shape index (κ2) is 12.9. The Labute approximate surface area is 249 Å². The second-order valence-electron chi connectivity index (χ2n) is 12.9. The molecule has 0 radical (unpaired) electrons. The Hall–Kier alpha value is -3.37. The number of carbonyl (C=O) groups is 2. The summed E-state index contributed by atoms with van der Waals surface area (Å²) < 4.78 is 0. The summed E-state index contributed by atoms with van der Waals surface area (Å²) in [7, 11) is 3.95. The number of nitrogens with zero attached hydrogens (tertiary/aromatic N) is 6. The van der Waals surface area contributed by atoms with Gasteiger partial charge >= 0.3 is 0 Å². The number of likely N-dealkylation sites (tertiary alicyclic amines) is 1. The SMILES string of the molecule is C[C@@H]1[C@H](CC(=O)/C=C/CN(C)C)CCCN1c1nnc(C(N)=O)c(Nc2ccc(C3(C)CCN(C4CC4)CC3)cc2)n1. The average Bonchev–Trinajstić information content (AvgIpc) is 3.80. The standard InChI is InChI=1S/C32H46N8O2/c1-22-23(21-27(41)8-6-17-38(3)4)7-5-18-40(22)31-35-30(28(29(33)42)36-37-31)34-25-11-9-24(10-12-25)32(2)15-19-39(20-16-32)26-13-14-26/h6,8-12,22-23,26H,5,7,13-21H2,1-4H3,(H2,33,42)(H,34,35,37)/b8-6+/t22-,23+/m1/s1. The molecule has 0 spiro atoms. The summed E-state index contributed by atoms with van der Waals surface area (Å²) in [6.07, 6.45) is 11.0. The number of benzene rings is 1. The summed E-state index contributed by atoms with van der Waals surface area (Å²) in [5.74, 6) is 0.348. The lowest BCUT2D eigenvalue weighted by Gasteiger charge is -2.40. The van der Waals surface area contributed by atoms with E-state index in [1.807, 2.05) is 37.2 Å². The summed E-state index contributed by atoms with van der Waals surface area (Å²) in [6.45, 7) is 8.29. The molecule has 3 heterocycles. The molecule has 10 nitrogen and oxygen atoms in total. The number of nitrogens with two attached hydrogens (primary N) is 1. The topological polar surface area (TPSA) is 121 Å². The third-order valence-electron chi connectivity index (χ3n) is 9.36. The number of carbonyl (C=O) groups excluding carboxylic acids is 2. The molecule has 0 unspecified atom stereocenters. The first kappa shape index (κ1) is 30.1. The maximum absolute atomic E-state index is 12.6. The largest absolute Gasteiger partial charge is 0.364 e. The van der Waals surface area contributed by atoms with Crippen molar-refractivity contribution < 1.29 is 9.59 Å². The first-order valence-electron chi connectivity index (χ1n) is 15.4. The van der Waals surface area contributed by atoms with Crippen LogP contribution in [0.1, 0.15) is 74.8 Å². The Bertz CT molecular complexity index is 1280. The average molecular weight is 575 g/mol. The van der Waals surface area contributed by atoms with Crippen LogP contribution in [0.2, 0.25) is 0 Å². The van der Waals surface area contributed by atoms with Crippen LogP contribution < -0.4 is 16.0 Å². The molecule has 0 bridgehead atoms. The van der Waals surface area contributed by atoms with Crippen LogP contribution in [0.25, 0.3) is 0 Å². The number of hydrogen-bond acceptors (Lipinski definition) is 9. The molecule has 1 aromatic carbocycles. The molecule has 3 N–H and O–H groups in total. The predicted octanol–water partition coefficient (Wildman–Crippen LogP) is 3.91. The fourth-order valence-electron chi connectivity index (χ4n) is 6.40. The fraction of sp³-hybridized carbons (Fsp3) is 0.594. The van der Waals surface area contributed by atoms with Crippen LogP contribution in [-0.4, -0.2) is 89.0 Å². The molecule has 5 rings (SSSR count). The fourth-order valence-corrected chi connectivity index (χ4v) is 6.40. The van der Waals surface area contributed by atoms with E-state index in [-0.39, 0.29) is 28.9 Å². The summed E-state index contributed by atoms with van der Waals surface area (Å²) >= 11 is 0. The number of hydrogen-bond donors (Lipinski definition) is 2. The number of anilines is 3. The number of amides is 1. The van der Waals surface area contributed by atoms with Gasteiger partial charge in [0.2, 0.25) is 5.95 Å². The van der Waals surface area contributed by atoms with Gasteiger partial charge in [-0.15, -0.1) is 10.2 Å². The van der Waals surface area contributed by atoms with Gasteiger partial charge in [0.15, 0.2) is 17.3 Å². The number of primary amides is 1. The van der Waals surface area contributed by atoms with Crippen LogP contribution in [0.5, 0.6) is 0 Å². The molecule has 2 aliphatic heterocycles. The molecule has 10 heteroatoms. The second-order valence-corrected chi connectivity index (χ2v) is 12.9. The van der Waals surface area contributed by atoms with Crippen LogP contribution in [0.15, 0.2) is 36.4 Å². The monoisotopic (exact) mass is 574 g/mol. The molecule has 1 aliphatic carbocycles. The third kappa shape index (κ3) is 7.15. The van der Waals surface area contributed by atoms with Crippen LogP contribution in [0.4, 0.5) is 17.5 Å². The minimum Gasteiger partial charge on any atom is -0.364 e. The van der Waals surface area contributed by atoms with Crippen LogP contribution in [0, 0.1) is 5.92 Å². The zero-order valence-corrected chi connectivity index (χ0v) is 25.6. The zero-order chi connectivity index (χ0) is 29.9. The number of piperidine rings is 2. The van der Waals surface area contributed by atoms with E-state index < -0.39 is 5.91 Å². The minimum atomic E-state index is -0.685. The number of allylic oxidation sites excluding steroid dienone is 1. The predicted molar refractivity (Wildman–Crippen MR) is 166 cm³/mol. The van der Waals surface area contributed by atoms with Crippen molar-refractivity contribution in [2.45, 2.75) is 76.3 Å². The Kier molecular flexibility index (Phi) is 9.22. The molecular weight excluding hydrogens is 528 g/mol. The van der Waals surface area contributed by atoms with E-state index in [2.05, 4.69) is 51.3 Å². The highest BCUT2D eigenvalue weighted by atomic mass is 16.1. The van der Waals surface area contributed by atoms with E-state index in [4.69, 9.17) is 10.7 Å². The van der Waals surface area contributed by atoms with Gasteiger partial charge < -0.3 is 25.8 Å². The van der Waals surface area contributed by atoms with Crippen molar-refractivity contribution in [2.75, 3.05) is 50.5 Å². The molecule has 2 aromatic rings. The van der Waals surface area contributed by atoms with Gasteiger partial charge in [-0.1, -0.05) is 25.1 Å². The molecule has 42 heavy (non-hydrogen) atoms. The van der Waals surface area contributed by atoms with Crippen molar-refractivity contribution in [3.05, 3.63) is 47.7 Å². The quantitative estimate of drug-likeness (QED) is 0.385. The van der Waals surface area contributed by atoms with Gasteiger partial charge in [-0.2, -0.15) is 4.98 Å². The number of likely N-dealkylation sites (N-methyl/N-ethyl adjacent to an activating group) is 1. The summed E-state index contributed by atoms with van der Waals surface area (Å²) in [5, 5.41) is 11.7. The molecule has 3 aliphatic rings. The Morgan fingerprint density at radius 2 is 1.81 bits per heavy atom. The molecule has 1 saturated carbocycles. The Morgan fingerprint density at radius 1 is 1.10 bits per heavy atom. The first-order chi connectivity index (χ1) is 20.1. The highest BCUT2D eigenvalue weighted by Gasteiger charge is 2.37. The Balaban J connectivity index is 1.27. The van der Waals surface area contributed by atoms with Crippen LogP contribution >= 0.6 is 0 Å². The van der Waals surface area contributed by atoms with Gasteiger partial charge in [-0.05, 0) is 108 Å². The van der Waals surface area contributed by atoms with Crippen molar-refractivity contribution in [3.63, 3.8) is 0 Å². The zero-order valence-electron chi connectivity index (χ0n) is 25.6. The number of rotatable bonds is 11. The highest BCUT2D eigenvalue weighted by Crippen LogP contribution is 2.39. The van der Waals surface area contributed by atoms with E-state index >= 15 is 0 Å². The van der Waals surface area contributed by atoms with E-state index in [1.165, 1.54) is 18.4 Å². The van der Waals surface area contributed by atoms with Gasteiger partial charge in [-0.3, -0.25) is 9.59 Å². The molecule has 2 atom stereocenters. The van der Waals surface area contributed by atoms with Gasteiger partial charge in [0.1, 0.15) is 0 Å². The number of aromatic nitrogens is 3. The van der Waals surface area contributed by atoms with E-state index in [0.717, 1.165) is 63.6 Å². The molecular formula is C32H46N8O2. The summed E-state index contributed by atoms with van der Waals surface area (Å²) in [5.41, 5.74) is 7.96. The maximum atomic E-state index is 12.6. The Morgan fingerprint density at radius 3 is 2.45 bits per heavy atom. The summed E-state index contributed by atoms with van der Waals surface area (Å²) in [6, 6.07) is 9.30. The number of ketones is 1. The van der Waals surface area contributed by atoms with E-state index in [0.29, 0.717) is 18.2 Å². The normalized spacial score (nSPS) is 22.9. The van der Waals surface area contributed by atoms with Gasteiger partial charge in [0.05, 0.1) is 0 Å². The van der Waals surface area contributed by atoms with Gasteiger partial charge in [0, 0.05) is 37.3 Å². The lowest BCUT2D eigenvalue weighted by Crippen LogP contribution is -2.45. The van der Waals surface area contributed by atoms with Crippen molar-refractivity contribution in [1.82, 2.24) is 25.0 Å². The van der Waals surface area contributed by atoms with Crippen molar-refractivity contribution in [1.29, 1.82) is 0 Å². The molecule has 3 fully saturated rings. The first-order valence-corrected chi connectivity index (χ1v) is 15.4. The van der Waals surface area contributed by atoms with E-state index in [1.54, 1.807) is 6.08 Å². The third-order valence-corrected chi connectivity index (χ3v) is 9.36. The molecule has 1 amide bonds. The van der Waals surface area contributed by atoms with Crippen molar-refractivity contribution >= 4 is 29.1 Å². The molecule has 2 saturated heterocycles. The van der Waals surface area contributed by atoms with Crippen molar-refractivity contribution in [3.8, 4) is 0 Å². The minimum absolute atomic E-state index is 0.00431. The molecule has 226 valence electrons. The van der Waals surface area contributed by atoms with Gasteiger partial charge in [0.25, 0.3) is 5.91 Å². The van der Waals surface area contributed by atoms with Crippen LogP contribution in [-0.2, 0) is 10.2 Å².